The molecule has 0 aromatic carbocycles. The van der Waals surface area contributed by atoms with Gasteiger partial charge in [-0.2, -0.15) is 9.97 Å². The average molecular weight is 289 g/mol. The third-order valence-corrected chi connectivity index (χ3v) is 4.38. The zero-order valence-electron chi connectivity index (χ0n) is 12.9. The Morgan fingerprint density at radius 3 is 2.81 bits per heavy atom. The number of imidazole rings is 1. The molecule has 2 N–H and O–H groups in total. The van der Waals surface area contributed by atoms with Crippen LogP contribution in [0.4, 0.5) is 11.8 Å². The molecular formula is C14H23N7. The Morgan fingerprint density at radius 1 is 1.38 bits per heavy atom. The van der Waals surface area contributed by atoms with E-state index in [9.17, 15) is 0 Å². The molecule has 0 saturated carbocycles. The third-order valence-electron chi connectivity index (χ3n) is 4.38. The molecule has 7 heteroatoms. The summed E-state index contributed by atoms with van der Waals surface area (Å²) in [6, 6.07) is 0.513. The number of hydrogen-bond acceptors (Lipinski definition) is 6. The summed E-state index contributed by atoms with van der Waals surface area (Å²) in [5.74, 6) is 1.54. The molecule has 3 heterocycles. The fourth-order valence-corrected chi connectivity index (χ4v) is 2.98. The summed E-state index contributed by atoms with van der Waals surface area (Å²) in [5, 5.41) is 3.01. The van der Waals surface area contributed by atoms with E-state index in [0.29, 0.717) is 17.6 Å². The molecule has 1 saturated heterocycles. The number of nitrogens with one attached hydrogen (secondary N) is 2. The SMILES string of the molecule is CCN1CCC(N(C)c2nc(NC)nc3nc[nH]c23)CC1. The van der Waals surface area contributed by atoms with Crippen molar-refractivity contribution in [3.8, 4) is 0 Å². The molecule has 0 spiro atoms. The standard InChI is InChI=1S/C14H23N7/c1-4-21-7-5-10(6-8-21)20(3)13-11-12(17-9-16-11)18-14(15-2)19-13/h9-10H,4-8H2,1-3H3,(H2,15,16,17,18,19). The number of rotatable bonds is 4. The van der Waals surface area contributed by atoms with E-state index in [1.807, 2.05) is 7.05 Å². The van der Waals surface area contributed by atoms with Crippen molar-refractivity contribution in [1.29, 1.82) is 0 Å². The zero-order chi connectivity index (χ0) is 14.8. The highest BCUT2D eigenvalue weighted by Gasteiger charge is 2.24. The van der Waals surface area contributed by atoms with Gasteiger partial charge in [0, 0.05) is 33.2 Å². The Morgan fingerprint density at radius 2 is 2.14 bits per heavy atom. The fourth-order valence-electron chi connectivity index (χ4n) is 2.98. The Balaban J connectivity index is 1.87. The Kier molecular flexibility index (Phi) is 3.92. The van der Waals surface area contributed by atoms with Crippen LogP contribution in [0, 0.1) is 0 Å². The van der Waals surface area contributed by atoms with E-state index in [1.165, 1.54) is 12.8 Å². The second-order valence-corrected chi connectivity index (χ2v) is 5.50. The number of nitrogens with zero attached hydrogens (tertiary/aromatic N) is 5. The Hall–Kier alpha value is -1.89. The van der Waals surface area contributed by atoms with Gasteiger partial charge in [0.15, 0.2) is 11.5 Å². The number of fused-ring (bicyclic) bond motifs is 1. The van der Waals surface area contributed by atoms with Crippen molar-refractivity contribution in [3.63, 3.8) is 0 Å². The van der Waals surface area contributed by atoms with Crippen molar-refractivity contribution in [2.24, 2.45) is 0 Å². The quantitative estimate of drug-likeness (QED) is 0.884. The van der Waals surface area contributed by atoms with Gasteiger partial charge in [0.25, 0.3) is 0 Å². The van der Waals surface area contributed by atoms with Crippen molar-refractivity contribution in [3.05, 3.63) is 6.33 Å². The summed E-state index contributed by atoms with van der Waals surface area (Å²) in [4.78, 5) is 21.2. The van der Waals surface area contributed by atoms with E-state index in [0.717, 1.165) is 31.0 Å². The van der Waals surface area contributed by atoms with Crippen LogP contribution in [0.5, 0.6) is 0 Å². The van der Waals surface area contributed by atoms with Crippen LogP contribution in [0.15, 0.2) is 6.33 Å². The van der Waals surface area contributed by atoms with Gasteiger partial charge in [0.1, 0.15) is 5.52 Å². The van der Waals surface area contributed by atoms with Crippen molar-refractivity contribution < 1.29 is 0 Å². The van der Waals surface area contributed by atoms with Crippen LogP contribution in [-0.4, -0.2) is 64.6 Å². The number of anilines is 2. The van der Waals surface area contributed by atoms with Crippen LogP contribution in [0.25, 0.3) is 11.2 Å². The second-order valence-electron chi connectivity index (χ2n) is 5.50. The smallest absolute Gasteiger partial charge is 0.226 e. The maximum absolute atomic E-state index is 4.62. The highest BCUT2D eigenvalue weighted by atomic mass is 15.3. The van der Waals surface area contributed by atoms with Crippen molar-refractivity contribution >= 4 is 22.9 Å². The normalized spacial score (nSPS) is 17.3. The lowest BCUT2D eigenvalue weighted by Crippen LogP contribution is -2.43. The summed E-state index contributed by atoms with van der Waals surface area (Å²) >= 11 is 0. The lowest BCUT2D eigenvalue weighted by Gasteiger charge is -2.36. The van der Waals surface area contributed by atoms with Gasteiger partial charge >= 0.3 is 0 Å². The molecule has 1 aliphatic rings. The monoisotopic (exact) mass is 289 g/mol. The highest BCUT2D eigenvalue weighted by molar-refractivity contribution is 5.84. The van der Waals surface area contributed by atoms with Crippen molar-refractivity contribution in [2.75, 3.05) is 43.9 Å². The van der Waals surface area contributed by atoms with Crippen LogP contribution in [0.2, 0.25) is 0 Å². The van der Waals surface area contributed by atoms with Gasteiger partial charge < -0.3 is 20.1 Å². The van der Waals surface area contributed by atoms with E-state index in [-0.39, 0.29) is 0 Å². The van der Waals surface area contributed by atoms with Gasteiger partial charge in [-0.05, 0) is 19.4 Å². The van der Waals surface area contributed by atoms with Crippen LogP contribution < -0.4 is 10.2 Å². The average Bonchev–Trinajstić information content (AvgIpc) is 3.01. The first-order chi connectivity index (χ1) is 10.2. The molecule has 0 aliphatic carbocycles. The summed E-state index contributed by atoms with van der Waals surface area (Å²) in [5.41, 5.74) is 1.62. The molecule has 3 rings (SSSR count). The molecule has 1 aliphatic heterocycles. The molecule has 0 unspecified atom stereocenters. The summed E-state index contributed by atoms with van der Waals surface area (Å²) in [7, 11) is 3.95. The van der Waals surface area contributed by atoms with E-state index < -0.39 is 0 Å². The summed E-state index contributed by atoms with van der Waals surface area (Å²) in [6.07, 6.45) is 4.01. The van der Waals surface area contributed by atoms with Gasteiger partial charge in [-0.3, -0.25) is 0 Å². The third kappa shape index (κ3) is 2.65. The summed E-state index contributed by atoms with van der Waals surface area (Å²) in [6.45, 7) is 5.67. The highest BCUT2D eigenvalue weighted by Crippen LogP contribution is 2.26. The van der Waals surface area contributed by atoms with Crippen LogP contribution in [-0.2, 0) is 0 Å². The first-order valence-electron chi connectivity index (χ1n) is 7.57. The predicted molar refractivity (Wildman–Crippen MR) is 84.8 cm³/mol. The topological polar surface area (TPSA) is 73.0 Å². The minimum absolute atomic E-state index is 0.513. The number of H-pyrrole nitrogens is 1. The first-order valence-corrected chi connectivity index (χ1v) is 7.57. The largest absolute Gasteiger partial charge is 0.357 e. The summed E-state index contributed by atoms with van der Waals surface area (Å²) < 4.78 is 0. The molecule has 0 atom stereocenters. The van der Waals surface area contributed by atoms with Gasteiger partial charge in [-0.1, -0.05) is 6.92 Å². The van der Waals surface area contributed by atoms with Crippen LogP contribution in [0.1, 0.15) is 19.8 Å². The Labute approximate surface area is 124 Å². The molecular weight excluding hydrogens is 266 g/mol. The lowest BCUT2D eigenvalue weighted by molar-refractivity contribution is 0.220. The fraction of sp³-hybridized carbons (Fsp3) is 0.643. The number of aromatic amines is 1. The maximum Gasteiger partial charge on any atom is 0.226 e. The number of aromatic nitrogens is 4. The van der Waals surface area contributed by atoms with Gasteiger partial charge in [-0.15, -0.1) is 0 Å². The van der Waals surface area contributed by atoms with E-state index in [1.54, 1.807) is 6.33 Å². The molecule has 0 radical (unpaired) electrons. The van der Waals surface area contributed by atoms with Gasteiger partial charge in [0.05, 0.1) is 6.33 Å². The van der Waals surface area contributed by atoms with Crippen LogP contribution >= 0.6 is 0 Å². The van der Waals surface area contributed by atoms with Crippen molar-refractivity contribution in [1.82, 2.24) is 24.8 Å². The molecule has 2 aromatic heterocycles. The van der Waals surface area contributed by atoms with E-state index in [4.69, 9.17) is 0 Å². The molecule has 114 valence electrons. The minimum Gasteiger partial charge on any atom is -0.357 e. The Bertz CT molecular complexity index is 600. The number of piperidine rings is 1. The molecule has 21 heavy (non-hydrogen) atoms. The molecule has 0 bridgehead atoms. The van der Waals surface area contributed by atoms with Gasteiger partial charge in [-0.25, -0.2) is 4.98 Å². The molecule has 7 nitrogen and oxygen atoms in total. The van der Waals surface area contributed by atoms with Crippen molar-refractivity contribution in [2.45, 2.75) is 25.8 Å². The second kappa shape index (κ2) is 5.85. The number of hydrogen-bond donors (Lipinski definition) is 2. The van der Waals surface area contributed by atoms with Crippen LogP contribution in [0.3, 0.4) is 0 Å². The minimum atomic E-state index is 0.513. The molecule has 1 fully saturated rings. The maximum atomic E-state index is 4.62. The first kappa shape index (κ1) is 14.1. The zero-order valence-corrected chi connectivity index (χ0v) is 12.9. The predicted octanol–water partition coefficient (Wildman–Crippen LogP) is 1.32. The number of likely N-dealkylation sites (tertiary alicyclic amines) is 1. The van der Waals surface area contributed by atoms with Gasteiger partial charge in [0.2, 0.25) is 5.95 Å². The molecule has 0 amide bonds. The molecule has 2 aromatic rings. The van der Waals surface area contributed by atoms with E-state index >= 15 is 0 Å². The van der Waals surface area contributed by atoms with E-state index in [2.05, 4.69) is 49.0 Å². The lowest BCUT2D eigenvalue weighted by atomic mass is 10.0.